The van der Waals surface area contributed by atoms with E-state index >= 15 is 0 Å². The monoisotopic (exact) mass is 475 g/mol. The second-order valence-electron chi connectivity index (χ2n) is 7.30. The summed E-state index contributed by atoms with van der Waals surface area (Å²) < 4.78 is 0.958. The van der Waals surface area contributed by atoms with Crippen molar-refractivity contribution in [3.8, 4) is 11.3 Å². The highest BCUT2D eigenvalue weighted by Gasteiger charge is 2.16. The molecule has 0 fully saturated rings. The van der Waals surface area contributed by atoms with Crippen LogP contribution in [0.3, 0.4) is 0 Å². The van der Waals surface area contributed by atoms with Gasteiger partial charge in [0, 0.05) is 33.2 Å². The van der Waals surface area contributed by atoms with E-state index < -0.39 is 4.92 Å². The van der Waals surface area contributed by atoms with Gasteiger partial charge in [0.25, 0.3) is 11.6 Å². The lowest BCUT2D eigenvalue weighted by Crippen LogP contribution is -2.13. The highest BCUT2D eigenvalue weighted by atomic mass is 79.9. The predicted molar refractivity (Wildman–Crippen MR) is 125 cm³/mol. The summed E-state index contributed by atoms with van der Waals surface area (Å²) >= 11 is 3.44. The molecule has 0 spiro atoms. The van der Waals surface area contributed by atoms with Crippen LogP contribution in [0.1, 0.15) is 21.5 Å². The summed E-state index contributed by atoms with van der Waals surface area (Å²) in [5.74, 6) is -0.301. The summed E-state index contributed by atoms with van der Waals surface area (Å²) in [7, 11) is 0. The van der Waals surface area contributed by atoms with Crippen LogP contribution in [0.4, 0.5) is 11.4 Å². The van der Waals surface area contributed by atoms with Gasteiger partial charge < -0.3 is 5.32 Å². The average molecular weight is 476 g/mol. The van der Waals surface area contributed by atoms with Crippen LogP contribution >= 0.6 is 15.9 Å². The number of amides is 1. The van der Waals surface area contributed by atoms with Crippen LogP contribution in [-0.2, 0) is 0 Å². The number of anilines is 1. The molecule has 1 amide bonds. The number of hydrogen-bond donors (Lipinski definition) is 1. The number of aryl methyl sites for hydroxylation is 2. The Labute approximate surface area is 187 Å². The minimum absolute atomic E-state index is 0.0314. The van der Waals surface area contributed by atoms with Crippen molar-refractivity contribution in [3.05, 3.63) is 98.0 Å². The Kier molecular flexibility index (Phi) is 5.52. The fourth-order valence-electron chi connectivity index (χ4n) is 3.50. The highest BCUT2D eigenvalue weighted by molar-refractivity contribution is 9.10. The Morgan fingerprint density at radius 3 is 2.32 bits per heavy atom. The molecule has 6 nitrogen and oxygen atoms in total. The molecule has 7 heteroatoms. The standard InChI is InChI=1S/C24H18BrN3O3/c1-14-11-15(2)23-20(12-14)21(13-22(27-23)16-3-5-17(25)6-4-16)24(29)26-18-7-9-19(10-8-18)28(30)31/h3-13H,1-2H3,(H,26,29). The van der Waals surface area contributed by atoms with E-state index in [1.165, 1.54) is 24.3 Å². The number of aromatic nitrogens is 1. The Balaban J connectivity index is 1.81. The molecule has 0 bridgehead atoms. The first-order valence-corrected chi connectivity index (χ1v) is 10.3. The van der Waals surface area contributed by atoms with Gasteiger partial charge in [-0.05, 0) is 55.8 Å². The smallest absolute Gasteiger partial charge is 0.269 e. The van der Waals surface area contributed by atoms with Gasteiger partial charge in [-0.15, -0.1) is 0 Å². The third kappa shape index (κ3) is 4.32. The Bertz CT molecular complexity index is 1320. The lowest BCUT2D eigenvalue weighted by Gasteiger charge is -2.13. The topological polar surface area (TPSA) is 85.1 Å². The fourth-order valence-corrected chi connectivity index (χ4v) is 3.77. The van der Waals surface area contributed by atoms with Crippen LogP contribution in [0.15, 0.2) is 71.2 Å². The van der Waals surface area contributed by atoms with Gasteiger partial charge in [-0.25, -0.2) is 4.98 Å². The number of non-ortho nitro benzene ring substituents is 1. The number of carbonyl (C=O) groups is 1. The lowest BCUT2D eigenvalue weighted by atomic mass is 9.99. The third-order valence-corrected chi connectivity index (χ3v) is 5.50. The van der Waals surface area contributed by atoms with Gasteiger partial charge in [0.05, 0.1) is 21.7 Å². The number of pyridine rings is 1. The number of nitro benzene ring substituents is 1. The maximum Gasteiger partial charge on any atom is 0.269 e. The van der Waals surface area contributed by atoms with E-state index in [1.807, 2.05) is 50.2 Å². The van der Waals surface area contributed by atoms with Crippen molar-refractivity contribution in [1.82, 2.24) is 4.98 Å². The van der Waals surface area contributed by atoms with Gasteiger partial charge in [-0.3, -0.25) is 14.9 Å². The molecule has 1 N–H and O–H groups in total. The molecule has 0 aliphatic heterocycles. The maximum absolute atomic E-state index is 13.2. The number of nitrogens with zero attached hydrogens (tertiary/aromatic N) is 2. The molecule has 3 aromatic carbocycles. The molecule has 154 valence electrons. The number of rotatable bonds is 4. The van der Waals surface area contributed by atoms with Gasteiger partial charge in [0.2, 0.25) is 0 Å². The zero-order valence-electron chi connectivity index (χ0n) is 16.8. The molecule has 1 aromatic heterocycles. The SMILES string of the molecule is Cc1cc(C)c2nc(-c3ccc(Br)cc3)cc(C(=O)Nc3ccc([N+](=O)[O-])cc3)c2c1. The zero-order chi connectivity index (χ0) is 22.1. The molecule has 4 rings (SSSR count). The largest absolute Gasteiger partial charge is 0.322 e. The molecule has 0 aliphatic carbocycles. The van der Waals surface area contributed by atoms with Crippen molar-refractivity contribution < 1.29 is 9.72 Å². The Morgan fingerprint density at radius 2 is 1.68 bits per heavy atom. The number of hydrogen-bond acceptors (Lipinski definition) is 4. The van der Waals surface area contributed by atoms with E-state index in [1.54, 1.807) is 6.07 Å². The van der Waals surface area contributed by atoms with Gasteiger partial charge in [-0.2, -0.15) is 0 Å². The molecule has 0 aliphatic rings. The van der Waals surface area contributed by atoms with Crippen LogP contribution in [0.5, 0.6) is 0 Å². The predicted octanol–water partition coefficient (Wildman–Crippen LogP) is 6.44. The second kappa shape index (κ2) is 8.28. The van der Waals surface area contributed by atoms with Gasteiger partial charge >= 0.3 is 0 Å². The van der Waals surface area contributed by atoms with Crippen molar-refractivity contribution in [2.24, 2.45) is 0 Å². The average Bonchev–Trinajstić information content (AvgIpc) is 2.74. The van der Waals surface area contributed by atoms with E-state index in [4.69, 9.17) is 4.98 Å². The zero-order valence-corrected chi connectivity index (χ0v) is 18.4. The van der Waals surface area contributed by atoms with E-state index in [0.29, 0.717) is 16.9 Å². The minimum atomic E-state index is -0.474. The van der Waals surface area contributed by atoms with Gasteiger partial charge in [-0.1, -0.05) is 39.7 Å². The van der Waals surface area contributed by atoms with Crippen molar-refractivity contribution in [1.29, 1.82) is 0 Å². The first kappa shape index (κ1) is 20.7. The molecule has 0 saturated heterocycles. The van der Waals surface area contributed by atoms with Crippen LogP contribution in [-0.4, -0.2) is 15.8 Å². The molecule has 1 heterocycles. The molecular weight excluding hydrogens is 458 g/mol. The Hall–Kier alpha value is -3.58. The van der Waals surface area contributed by atoms with Crippen LogP contribution in [0, 0.1) is 24.0 Å². The van der Waals surface area contributed by atoms with Crippen molar-refractivity contribution in [2.75, 3.05) is 5.32 Å². The molecule has 4 aromatic rings. The number of nitro groups is 1. The minimum Gasteiger partial charge on any atom is -0.322 e. The van der Waals surface area contributed by atoms with Crippen molar-refractivity contribution >= 4 is 44.1 Å². The first-order chi connectivity index (χ1) is 14.8. The fraction of sp³-hybridized carbons (Fsp3) is 0.0833. The number of fused-ring (bicyclic) bond motifs is 1. The van der Waals surface area contributed by atoms with Crippen LogP contribution in [0.25, 0.3) is 22.2 Å². The van der Waals surface area contributed by atoms with E-state index in [0.717, 1.165) is 32.1 Å². The number of nitrogens with one attached hydrogen (secondary N) is 1. The van der Waals surface area contributed by atoms with E-state index in [-0.39, 0.29) is 11.6 Å². The summed E-state index contributed by atoms with van der Waals surface area (Å²) in [4.78, 5) is 28.4. The van der Waals surface area contributed by atoms with Crippen molar-refractivity contribution in [2.45, 2.75) is 13.8 Å². The van der Waals surface area contributed by atoms with Crippen molar-refractivity contribution in [3.63, 3.8) is 0 Å². The highest BCUT2D eigenvalue weighted by Crippen LogP contribution is 2.29. The second-order valence-corrected chi connectivity index (χ2v) is 8.21. The van der Waals surface area contributed by atoms with Gasteiger partial charge in [0.15, 0.2) is 0 Å². The molecule has 0 saturated carbocycles. The van der Waals surface area contributed by atoms with E-state index in [9.17, 15) is 14.9 Å². The third-order valence-electron chi connectivity index (χ3n) is 4.97. The summed E-state index contributed by atoms with van der Waals surface area (Å²) in [6, 6.07) is 19.3. The quantitative estimate of drug-likeness (QED) is 0.271. The Morgan fingerprint density at radius 1 is 1.00 bits per heavy atom. The van der Waals surface area contributed by atoms with Crippen LogP contribution in [0.2, 0.25) is 0 Å². The number of benzene rings is 3. The summed E-state index contributed by atoms with van der Waals surface area (Å²) in [5.41, 5.74) is 5.32. The molecule has 0 unspecified atom stereocenters. The summed E-state index contributed by atoms with van der Waals surface area (Å²) in [5, 5.41) is 14.5. The summed E-state index contributed by atoms with van der Waals surface area (Å²) in [6.45, 7) is 3.96. The summed E-state index contributed by atoms with van der Waals surface area (Å²) in [6.07, 6.45) is 0. The number of carbonyl (C=O) groups excluding carboxylic acids is 1. The van der Waals surface area contributed by atoms with Crippen LogP contribution < -0.4 is 5.32 Å². The normalized spacial score (nSPS) is 10.8. The molecule has 31 heavy (non-hydrogen) atoms. The molecule has 0 radical (unpaired) electrons. The molecular formula is C24H18BrN3O3. The van der Waals surface area contributed by atoms with E-state index in [2.05, 4.69) is 21.2 Å². The number of halogens is 1. The first-order valence-electron chi connectivity index (χ1n) is 9.55. The molecule has 0 atom stereocenters. The van der Waals surface area contributed by atoms with Gasteiger partial charge in [0.1, 0.15) is 0 Å². The maximum atomic E-state index is 13.2. The lowest BCUT2D eigenvalue weighted by molar-refractivity contribution is -0.384.